The van der Waals surface area contributed by atoms with Gasteiger partial charge in [-0.2, -0.15) is 0 Å². The van der Waals surface area contributed by atoms with Crippen LogP contribution in [0.25, 0.3) is 0 Å². The minimum Gasteiger partial charge on any atom is -0.497 e. The second-order valence-corrected chi connectivity index (χ2v) is 6.08. The molecule has 4 heteroatoms. The number of methoxy groups -OCH3 is 1. The highest BCUT2D eigenvalue weighted by Gasteiger charge is 2.25. The lowest BCUT2D eigenvalue weighted by Gasteiger charge is -2.18. The lowest BCUT2D eigenvalue weighted by Crippen LogP contribution is -2.26. The zero-order chi connectivity index (χ0) is 13.7. The maximum Gasteiger partial charge on any atom is 0.119 e. The number of hydrogen-bond donors (Lipinski definition) is 2. The van der Waals surface area contributed by atoms with Crippen LogP contribution in [0.2, 0.25) is 0 Å². The highest BCUT2D eigenvalue weighted by molar-refractivity contribution is 9.10. The van der Waals surface area contributed by atoms with E-state index in [2.05, 4.69) is 27.3 Å². The summed E-state index contributed by atoms with van der Waals surface area (Å²) < 4.78 is 6.35. The van der Waals surface area contributed by atoms with Gasteiger partial charge in [0.25, 0.3) is 0 Å². The molecule has 2 rings (SSSR count). The van der Waals surface area contributed by atoms with E-state index in [1.165, 1.54) is 24.8 Å². The number of aliphatic hydroxyl groups excluding tert-OH is 1. The summed E-state index contributed by atoms with van der Waals surface area (Å²) in [6, 6.07) is 6.02. The van der Waals surface area contributed by atoms with Crippen molar-refractivity contribution in [3.05, 3.63) is 28.2 Å². The average Bonchev–Trinajstić information content (AvgIpc) is 2.88. The van der Waals surface area contributed by atoms with Gasteiger partial charge in [-0.25, -0.2) is 0 Å². The molecule has 19 heavy (non-hydrogen) atoms. The lowest BCUT2D eigenvalue weighted by atomic mass is 9.97. The van der Waals surface area contributed by atoms with Gasteiger partial charge in [0, 0.05) is 17.6 Å². The van der Waals surface area contributed by atoms with E-state index in [0.717, 1.165) is 23.3 Å². The summed E-state index contributed by atoms with van der Waals surface area (Å²) in [7, 11) is 1.69. The molecule has 0 heterocycles. The summed E-state index contributed by atoms with van der Waals surface area (Å²) in [4.78, 5) is 0. The van der Waals surface area contributed by atoms with Crippen LogP contribution >= 0.6 is 15.9 Å². The SMILES string of the molecule is COc1ccc(Br)c(CNCC2CCCC2CO)c1. The number of nitrogens with one attached hydrogen (secondary N) is 1. The molecule has 0 radical (unpaired) electrons. The van der Waals surface area contributed by atoms with Crippen LogP contribution in [0, 0.1) is 11.8 Å². The molecule has 1 fully saturated rings. The molecule has 0 bridgehead atoms. The van der Waals surface area contributed by atoms with E-state index in [4.69, 9.17) is 4.74 Å². The number of rotatable bonds is 6. The smallest absolute Gasteiger partial charge is 0.119 e. The van der Waals surface area contributed by atoms with Gasteiger partial charge in [-0.3, -0.25) is 0 Å². The Bertz CT molecular complexity index is 411. The van der Waals surface area contributed by atoms with E-state index in [1.54, 1.807) is 7.11 Å². The minimum atomic E-state index is 0.329. The Hall–Kier alpha value is -0.580. The second kappa shape index (κ2) is 7.27. The Labute approximate surface area is 123 Å². The molecule has 2 N–H and O–H groups in total. The number of halogens is 1. The van der Waals surface area contributed by atoms with Gasteiger partial charge in [-0.1, -0.05) is 22.4 Å². The Morgan fingerprint density at radius 2 is 2.16 bits per heavy atom. The predicted octanol–water partition coefficient (Wildman–Crippen LogP) is 2.96. The molecular weight excluding hydrogens is 306 g/mol. The maximum atomic E-state index is 9.31. The normalized spacial score (nSPS) is 22.7. The minimum absolute atomic E-state index is 0.329. The molecule has 106 valence electrons. The monoisotopic (exact) mass is 327 g/mol. The van der Waals surface area contributed by atoms with Gasteiger partial charge in [-0.15, -0.1) is 0 Å². The van der Waals surface area contributed by atoms with Gasteiger partial charge in [0.05, 0.1) is 7.11 Å². The van der Waals surface area contributed by atoms with E-state index in [-0.39, 0.29) is 0 Å². The third-order valence-electron chi connectivity index (χ3n) is 4.03. The number of ether oxygens (including phenoxy) is 1. The number of hydrogen-bond acceptors (Lipinski definition) is 3. The molecule has 1 saturated carbocycles. The first kappa shape index (κ1) is 14.8. The zero-order valence-electron chi connectivity index (χ0n) is 11.4. The van der Waals surface area contributed by atoms with Crippen LogP contribution in [0.15, 0.2) is 22.7 Å². The second-order valence-electron chi connectivity index (χ2n) is 5.22. The molecule has 1 aromatic carbocycles. The molecule has 2 atom stereocenters. The topological polar surface area (TPSA) is 41.5 Å². The fraction of sp³-hybridized carbons (Fsp3) is 0.600. The van der Waals surface area contributed by atoms with E-state index in [9.17, 15) is 5.11 Å². The molecule has 0 aromatic heterocycles. The van der Waals surface area contributed by atoms with Crippen molar-refractivity contribution in [2.75, 3.05) is 20.3 Å². The lowest BCUT2D eigenvalue weighted by molar-refractivity contribution is 0.192. The van der Waals surface area contributed by atoms with Gasteiger partial charge >= 0.3 is 0 Å². The molecule has 2 unspecified atom stereocenters. The first-order valence-electron chi connectivity index (χ1n) is 6.88. The summed E-state index contributed by atoms with van der Waals surface area (Å²) in [5.74, 6) is 1.99. The van der Waals surface area contributed by atoms with Crippen molar-refractivity contribution in [3.63, 3.8) is 0 Å². The summed E-state index contributed by atoms with van der Waals surface area (Å²) in [6.45, 7) is 2.14. The van der Waals surface area contributed by atoms with Gasteiger partial charge in [0.15, 0.2) is 0 Å². The van der Waals surface area contributed by atoms with Gasteiger partial charge in [0.1, 0.15) is 5.75 Å². The van der Waals surface area contributed by atoms with Crippen LogP contribution in [0.4, 0.5) is 0 Å². The molecule has 0 spiro atoms. The number of benzene rings is 1. The number of aliphatic hydroxyl groups is 1. The van der Waals surface area contributed by atoms with Gasteiger partial charge in [0.2, 0.25) is 0 Å². The Kier molecular flexibility index (Phi) is 5.67. The maximum absolute atomic E-state index is 9.31. The Balaban J connectivity index is 1.85. The fourth-order valence-corrected chi connectivity index (χ4v) is 3.22. The standard InChI is InChI=1S/C15H22BrNO2/c1-19-14-5-6-15(16)13(7-14)9-17-8-11-3-2-4-12(11)10-18/h5-7,11-12,17-18H,2-4,8-10H2,1H3. The summed E-state index contributed by atoms with van der Waals surface area (Å²) in [6.07, 6.45) is 3.66. The largest absolute Gasteiger partial charge is 0.497 e. The summed E-state index contributed by atoms with van der Waals surface area (Å²) in [5, 5.41) is 12.8. The first-order valence-corrected chi connectivity index (χ1v) is 7.68. The van der Waals surface area contributed by atoms with Crippen molar-refractivity contribution >= 4 is 15.9 Å². The van der Waals surface area contributed by atoms with Crippen molar-refractivity contribution in [2.24, 2.45) is 11.8 Å². The van der Waals surface area contributed by atoms with E-state index in [0.29, 0.717) is 18.4 Å². The van der Waals surface area contributed by atoms with Crippen LogP contribution in [-0.2, 0) is 6.54 Å². The quantitative estimate of drug-likeness (QED) is 0.844. The van der Waals surface area contributed by atoms with Crippen molar-refractivity contribution in [1.29, 1.82) is 0 Å². The predicted molar refractivity (Wildman–Crippen MR) is 80.3 cm³/mol. The summed E-state index contributed by atoms with van der Waals surface area (Å²) in [5.41, 5.74) is 1.21. The molecule has 1 aliphatic carbocycles. The third-order valence-corrected chi connectivity index (χ3v) is 4.80. The first-order chi connectivity index (χ1) is 9.24. The summed E-state index contributed by atoms with van der Waals surface area (Å²) >= 11 is 3.56. The van der Waals surface area contributed by atoms with E-state index in [1.807, 2.05) is 12.1 Å². The molecule has 0 aliphatic heterocycles. The van der Waals surface area contributed by atoms with Gasteiger partial charge < -0.3 is 15.2 Å². The highest BCUT2D eigenvalue weighted by Crippen LogP contribution is 2.30. The van der Waals surface area contributed by atoms with Crippen LogP contribution < -0.4 is 10.1 Å². The molecule has 3 nitrogen and oxygen atoms in total. The molecule has 1 aliphatic rings. The Morgan fingerprint density at radius 1 is 1.37 bits per heavy atom. The van der Waals surface area contributed by atoms with E-state index < -0.39 is 0 Å². The van der Waals surface area contributed by atoms with Crippen molar-refractivity contribution in [3.8, 4) is 5.75 Å². The van der Waals surface area contributed by atoms with E-state index >= 15 is 0 Å². The average molecular weight is 328 g/mol. The van der Waals surface area contributed by atoms with Crippen LogP contribution in [-0.4, -0.2) is 25.4 Å². The zero-order valence-corrected chi connectivity index (χ0v) is 12.9. The molecule has 0 amide bonds. The highest BCUT2D eigenvalue weighted by atomic mass is 79.9. The van der Waals surface area contributed by atoms with Crippen LogP contribution in [0.3, 0.4) is 0 Å². The molecular formula is C15H22BrNO2. The fourth-order valence-electron chi connectivity index (χ4n) is 2.83. The van der Waals surface area contributed by atoms with Crippen LogP contribution in [0.1, 0.15) is 24.8 Å². The third kappa shape index (κ3) is 3.94. The van der Waals surface area contributed by atoms with Crippen molar-refractivity contribution in [1.82, 2.24) is 5.32 Å². The van der Waals surface area contributed by atoms with Crippen molar-refractivity contribution in [2.45, 2.75) is 25.8 Å². The Morgan fingerprint density at radius 3 is 2.89 bits per heavy atom. The molecule has 1 aromatic rings. The molecule has 0 saturated heterocycles. The van der Waals surface area contributed by atoms with Gasteiger partial charge in [-0.05, 0) is 55.0 Å². The van der Waals surface area contributed by atoms with Crippen molar-refractivity contribution < 1.29 is 9.84 Å². The van der Waals surface area contributed by atoms with Crippen LogP contribution in [0.5, 0.6) is 5.75 Å².